The molecule has 2 aromatic rings. The second-order valence-electron chi connectivity index (χ2n) is 5.12. The molecule has 0 radical (unpaired) electrons. The summed E-state index contributed by atoms with van der Waals surface area (Å²) in [5.41, 5.74) is 2.28. The molecule has 0 amide bonds. The van der Waals surface area contributed by atoms with Crippen LogP contribution in [0.1, 0.15) is 18.7 Å². The molecule has 0 saturated heterocycles. The number of halogens is 1. The first-order valence-corrected chi connectivity index (χ1v) is 6.42. The van der Waals surface area contributed by atoms with E-state index in [1.807, 2.05) is 6.07 Å². The van der Waals surface area contributed by atoms with Crippen molar-refractivity contribution in [3.8, 4) is 0 Å². The van der Waals surface area contributed by atoms with Crippen LogP contribution in [0.25, 0.3) is 10.9 Å². The number of hydrogen-bond acceptors (Lipinski definition) is 3. The van der Waals surface area contributed by atoms with Crippen LogP contribution >= 0.6 is 12.4 Å². The van der Waals surface area contributed by atoms with Crippen LogP contribution in [0.4, 0.5) is 0 Å². The van der Waals surface area contributed by atoms with E-state index < -0.39 is 0 Å². The fourth-order valence-corrected chi connectivity index (χ4v) is 2.55. The van der Waals surface area contributed by atoms with E-state index in [4.69, 9.17) is 4.74 Å². The molecule has 2 atom stereocenters. The summed E-state index contributed by atoms with van der Waals surface area (Å²) in [4.78, 5) is 2.20. The van der Waals surface area contributed by atoms with Crippen LogP contribution in [-0.4, -0.2) is 41.4 Å². The van der Waals surface area contributed by atoms with Gasteiger partial charge in [-0.2, -0.15) is 5.10 Å². The van der Waals surface area contributed by atoms with Gasteiger partial charge in [-0.3, -0.25) is 4.68 Å². The molecule has 0 N–H and O–H groups in total. The van der Waals surface area contributed by atoms with E-state index in [-0.39, 0.29) is 18.5 Å². The molecule has 3 rings (SSSR count). The number of nitrogens with zero attached hydrogens (tertiary/aromatic N) is 3. The van der Waals surface area contributed by atoms with E-state index >= 15 is 0 Å². The standard InChI is InChI=1S/C14H19N3O.ClH/c1-10(16(2)3)14-13-11-6-4-5-7-12(11)15-17(13)8-9-18-14;/h4-7,10,14H,8-9H2,1-3H3;1H/t10-,14-;/m1./s1. The molecule has 0 spiro atoms. The first-order valence-electron chi connectivity index (χ1n) is 6.42. The monoisotopic (exact) mass is 281 g/mol. The average molecular weight is 282 g/mol. The second kappa shape index (κ2) is 5.49. The Balaban J connectivity index is 0.00000133. The predicted molar refractivity (Wildman–Crippen MR) is 78.8 cm³/mol. The zero-order valence-electron chi connectivity index (χ0n) is 11.5. The van der Waals surface area contributed by atoms with Gasteiger partial charge in [-0.25, -0.2) is 0 Å². The number of ether oxygens (including phenoxy) is 1. The van der Waals surface area contributed by atoms with Crippen molar-refractivity contribution in [1.82, 2.24) is 14.7 Å². The molecule has 0 aliphatic carbocycles. The van der Waals surface area contributed by atoms with Crippen molar-refractivity contribution >= 4 is 23.3 Å². The number of rotatable bonds is 2. The molecule has 2 heterocycles. The predicted octanol–water partition coefficient (Wildman–Crippen LogP) is 2.48. The molecule has 5 heteroatoms. The van der Waals surface area contributed by atoms with Crippen molar-refractivity contribution in [2.75, 3.05) is 20.7 Å². The molecule has 0 fully saturated rings. The van der Waals surface area contributed by atoms with Crippen molar-refractivity contribution in [2.45, 2.75) is 25.6 Å². The summed E-state index contributed by atoms with van der Waals surface area (Å²) < 4.78 is 8.10. The number of hydrogen-bond donors (Lipinski definition) is 0. The maximum atomic E-state index is 5.99. The van der Waals surface area contributed by atoms with E-state index in [9.17, 15) is 0 Å². The molecule has 4 nitrogen and oxygen atoms in total. The van der Waals surface area contributed by atoms with Gasteiger partial charge in [0.2, 0.25) is 0 Å². The Hall–Kier alpha value is -1.10. The van der Waals surface area contributed by atoms with Crippen molar-refractivity contribution < 1.29 is 4.74 Å². The molecule has 1 aliphatic heterocycles. The summed E-state index contributed by atoms with van der Waals surface area (Å²) in [5, 5.41) is 5.88. The lowest BCUT2D eigenvalue weighted by atomic mass is 10.0. The third kappa shape index (κ3) is 2.36. The molecule has 1 aromatic heterocycles. The Morgan fingerprint density at radius 3 is 2.84 bits per heavy atom. The summed E-state index contributed by atoms with van der Waals surface area (Å²) >= 11 is 0. The smallest absolute Gasteiger partial charge is 0.115 e. The number of aromatic nitrogens is 2. The van der Waals surface area contributed by atoms with Crippen LogP contribution in [0.2, 0.25) is 0 Å². The Bertz CT molecular complexity index is 567. The van der Waals surface area contributed by atoms with Crippen LogP contribution in [-0.2, 0) is 11.3 Å². The third-order valence-corrected chi connectivity index (χ3v) is 3.81. The highest BCUT2D eigenvalue weighted by atomic mass is 35.5. The van der Waals surface area contributed by atoms with Crippen LogP contribution in [0.3, 0.4) is 0 Å². The van der Waals surface area contributed by atoms with Gasteiger partial charge < -0.3 is 9.64 Å². The molecule has 0 saturated carbocycles. The highest BCUT2D eigenvalue weighted by Gasteiger charge is 2.30. The highest BCUT2D eigenvalue weighted by Crippen LogP contribution is 2.32. The van der Waals surface area contributed by atoms with Crippen LogP contribution in [0, 0.1) is 0 Å². The number of fused-ring (bicyclic) bond motifs is 3. The third-order valence-electron chi connectivity index (χ3n) is 3.81. The molecule has 1 aromatic carbocycles. The van der Waals surface area contributed by atoms with Crippen molar-refractivity contribution in [3.05, 3.63) is 30.0 Å². The van der Waals surface area contributed by atoms with Gasteiger partial charge in [0.1, 0.15) is 6.10 Å². The van der Waals surface area contributed by atoms with E-state index in [1.165, 1.54) is 11.1 Å². The van der Waals surface area contributed by atoms with Gasteiger partial charge in [0.05, 0.1) is 24.4 Å². The lowest BCUT2D eigenvalue weighted by Gasteiger charge is -2.33. The van der Waals surface area contributed by atoms with Gasteiger partial charge in [0.15, 0.2) is 0 Å². The van der Waals surface area contributed by atoms with Crippen molar-refractivity contribution in [1.29, 1.82) is 0 Å². The van der Waals surface area contributed by atoms with Gasteiger partial charge in [0, 0.05) is 11.4 Å². The van der Waals surface area contributed by atoms with E-state index in [0.29, 0.717) is 6.04 Å². The van der Waals surface area contributed by atoms with Crippen LogP contribution in [0.15, 0.2) is 24.3 Å². The summed E-state index contributed by atoms with van der Waals surface area (Å²) in [6, 6.07) is 8.64. The quantitative estimate of drug-likeness (QED) is 0.847. The molecule has 19 heavy (non-hydrogen) atoms. The van der Waals surface area contributed by atoms with Gasteiger partial charge in [-0.05, 0) is 27.1 Å². The summed E-state index contributed by atoms with van der Waals surface area (Å²) in [6.07, 6.45) is 0.0983. The van der Waals surface area contributed by atoms with Gasteiger partial charge in [-0.15, -0.1) is 12.4 Å². The average Bonchev–Trinajstić information content (AvgIpc) is 2.76. The van der Waals surface area contributed by atoms with E-state index in [0.717, 1.165) is 18.7 Å². The lowest BCUT2D eigenvalue weighted by molar-refractivity contribution is -0.0247. The van der Waals surface area contributed by atoms with Crippen molar-refractivity contribution in [2.24, 2.45) is 0 Å². The Morgan fingerprint density at radius 1 is 1.37 bits per heavy atom. The molecule has 1 aliphatic rings. The maximum Gasteiger partial charge on any atom is 0.115 e. The van der Waals surface area contributed by atoms with E-state index in [2.05, 4.69) is 53.9 Å². The van der Waals surface area contributed by atoms with Crippen LogP contribution < -0.4 is 0 Å². The zero-order valence-corrected chi connectivity index (χ0v) is 12.4. The SMILES string of the molecule is C[C@H]([C@H]1OCCn2nc3ccccc3c21)N(C)C.Cl. The Kier molecular flexibility index (Phi) is 4.13. The minimum atomic E-state index is 0. The zero-order chi connectivity index (χ0) is 12.7. The number of benzene rings is 1. The highest BCUT2D eigenvalue weighted by molar-refractivity contribution is 5.85. The maximum absolute atomic E-state index is 5.99. The molecule has 0 unspecified atom stereocenters. The fraction of sp³-hybridized carbons (Fsp3) is 0.500. The van der Waals surface area contributed by atoms with E-state index in [1.54, 1.807) is 0 Å². The van der Waals surface area contributed by atoms with Crippen LogP contribution in [0.5, 0.6) is 0 Å². The summed E-state index contributed by atoms with van der Waals surface area (Å²) in [6.45, 7) is 3.78. The first-order chi connectivity index (χ1) is 8.68. The molecule has 104 valence electrons. The fourth-order valence-electron chi connectivity index (χ4n) is 2.55. The number of likely N-dealkylation sites (N-methyl/N-ethyl adjacent to an activating group) is 1. The van der Waals surface area contributed by atoms with Crippen molar-refractivity contribution in [3.63, 3.8) is 0 Å². The Morgan fingerprint density at radius 2 is 2.11 bits per heavy atom. The minimum Gasteiger partial charge on any atom is -0.368 e. The largest absolute Gasteiger partial charge is 0.368 e. The normalized spacial score (nSPS) is 20.1. The summed E-state index contributed by atoms with van der Waals surface area (Å²) in [5.74, 6) is 0. The topological polar surface area (TPSA) is 30.3 Å². The van der Waals surface area contributed by atoms with Gasteiger partial charge in [0.25, 0.3) is 0 Å². The van der Waals surface area contributed by atoms with Gasteiger partial charge in [-0.1, -0.05) is 18.2 Å². The molecular weight excluding hydrogens is 262 g/mol. The molecular formula is C14H20ClN3O. The van der Waals surface area contributed by atoms with Gasteiger partial charge >= 0.3 is 0 Å². The minimum absolute atomic E-state index is 0. The first kappa shape index (κ1) is 14.3. The summed E-state index contributed by atoms with van der Waals surface area (Å²) in [7, 11) is 4.18. The lowest BCUT2D eigenvalue weighted by Crippen LogP contribution is -2.37. The second-order valence-corrected chi connectivity index (χ2v) is 5.12. The Labute approximate surface area is 119 Å². The molecule has 0 bridgehead atoms.